The largest absolute Gasteiger partial charge is 0.294 e. The molecule has 0 saturated carbocycles. The Morgan fingerprint density at radius 2 is 1.91 bits per heavy atom. The summed E-state index contributed by atoms with van der Waals surface area (Å²) in [4.78, 5) is 26.9. The second-order valence-electron chi connectivity index (χ2n) is 5.12. The Labute approximate surface area is 125 Å². The minimum atomic E-state index is -0.448. The molecule has 3 aromatic rings. The number of rotatable bonds is 3. The van der Waals surface area contributed by atoms with E-state index in [-0.39, 0.29) is 11.2 Å². The molecule has 0 radical (unpaired) electrons. The lowest BCUT2D eigenvalue weighted by molar-refractivity contribution is -0.384. The number of hydrogen-bond acceptors (Lipinski definition) is 4. The maximum absolute atomic E-state index is 12.5. The molecule has 3 rings (SSSR count). The van der Waals surface area contributed by atoms with Crippen molar-refractivity contribution in [2.45, 2.75) is 13.5 Å². The fourth-order valence-corrected chi connectivity index (χ4v) is 2.31. The van der Waals surface area contributed by atoms with Crippen molar-refractivity contribution in [2.75, 3.05) is 0 Å². The zero-order chi connectivity index (χ0) is 15.7. The number of nitro benzene ring substituents is 1. The van der Waals surface area contributed by atoms with Crippen LogP contribution in [0.2, 0.25) is 0 Å². The van der Waals surface area contributed by atoms with E-state index >= 15 is 0 Å². The summed E-state index contributed by atoms with van der Waals surface area (Å²) in [5.41, 5.74) is 2.38. The van der Waals surface area contributed by atoms with Crippen LogP contribution < -0.4 is 5.56 Å². The molecule has 6 heteroatoms. The molecule has 0 atom stereocenters. The van der Waals surface area contributed by atoms with Crippen molar-refractivity contribution >= 4 is 16.6 Å². The van der Waals surface area contributed by atoms with Gasteiger partial charge in [-0.1, -0.05) is 23.8 Å². The third-order valence-electron chi connectivity index (χ3n) is 3.48. The van der Waals surface area contributed by atoms with Gasteiger partial charge in [-0.25, -0.2) is 4.98 Å². The first-order chi connectivity index (χ1) is 10.5. The Kier molecular flexibility index (Phi) is 3.42. The second-order valence-corrected chi connectivity index (χ2v) is 5.12. The minimum Gasteiger partial charge on any atom is -0.294 e. The number of fused-ring (bicyclic) bond motifs is 1. The van der Waals surface area contributed by atoms with Gasteiger partial charge in [-0.3, -0.25) is 19.5 Å². The van der Waals surface area contributed by atoms with Crippen LogP contribution in [0.5, 0.6) is 0 Å². The molecule has 22 heavy (non-hydrogen) atoms. The molecule has 0 aliphatic rings. The van der Waals surface area contributed by atoms with Crippen molar-refractivity contribution in [1.82, 2.24) is 9.55 Å². The number of aromatic nitrogens is 2. The third kappa shape index (κ3) is 2.58. The van der Waals surface area contributed by atoms with E-state index in [4.69, 9.17) is 0 Å². The Hall–Kier alpha value is -3.02. The first kappa shape index (κ1) is 13.9. The molecular weight excluding hydrogens is 282 g/mol. The molecule has 110 valence electrons. The van der Waals surface area contributed by atoms with Crippen molar-refractivity contribution in [3.8, 4) is 0 Å². The molecule has 0 aliphatic heterocycles. The van der Waals surface area contributed by atoms with E-state index in [0.29, 0.717) is 17.4 Å². The second kappa shape index (κ2) is 5.40. The average molecular weight is 295 g/mol. The maximum atomic E-state index is 12.5. The van der Waals surface area contributed by atoms with Crippen LogP contribution in [0.4, 0.5) is 5.69 Å². The standard InChI is InChI=1S/C16H13N3O3/c1-11-2-7-15-14(8-11)16(20)18(10-17-15)9-12-3-5-13(6-4-12)19(21)22/h2-8,10H,9H2,1H3. The SMILES string of the molecule is Cc1ccc2ncn(Cc3ccc([N+](=O)[O-])cc3)c(=O)c2c1. The van der Waals surface area contributed by atoms with Crippen molar-refractivity contribution in [3.63, 3.8) is 0 Å². The van der Waals surface area contributed by atoms with Crippen molar-refractivity contribution in [3.05, 3.63) is 80.4 Å². The van der Waals surface area contributed by atoms with Crippen molar-refractivity contribution in [2.24, 2.45) is 0 Å². The molecule has 2 aromatic carbocycles. The highest BCUT2D eigenvalue weighted by Crippen LogP contribution is 2.13. The van der Waals surface area contributed by atoms with Gasteiger partial charge in [0.25, 0.3) is 11.2 Å². The highest BCUT2D eigenvalue weighted by atomic mass is 16.6. The molecule has 0 bridgehead atoms. The fraction of sp³-hybridized carbons (Fsp3) is 0.125. The summed E-state index contributed by atoms with van der Waals surface area (Å²) in [6.07, 6.45) is 1.50. The maximum Gasteiger partial charge on any atom is 0.269 e. The van der Waals surface area contributed by atoms with Gasteiger partial charge in [0.05, 0.1) is 28.7 Å². The number of hydrogen-bond donors (Lipinski definition) is 0. The molecule has 0 aliphatic carbocycles. The van der Waals surface area contributed by atoms with Crippen LogP contribution in [0, 0.1) is 17.0 Å². The normalized spacial score (nSPS) is 10.8. The van der Waals surface area contributed by atoms with Crippen LogP contribution in [-0.2, 0) is 6.54 Å². The van der Waals surface area contributed by atoms with Gasteiger partial charge in [0.2, 0.25) is 0 Å². The van der Waals surface area contributed by atoms with Gasteiger partial charge in [-0.05, 0) is 24.6 Å². The predicted molar refractivity (Wildman–Crippen MR) is 82.9 cm³/mol. The highest BCUT2D eigenvalue weighted by Gasteiger charge is 2.07. The molecule has 6 nitrogen and oxygen atoms in total. The Balaban J connectivity index is 1.98. The lowest BCUT2D eigenvalue weighted by Gasteiger charge is -2.07. The van der Waals surface area contributed by atoms with Gasteiger partial charge in [0, 0.05) is 12.1 Å². The summed E-state index contributed by atoms with van der Waals surface area (Å²) in [7, 11) is 0. The number of benzene rings is 2. The van der Waals surface area contributed by atoms with E-state index in [1.165, 1.54) is 23.0 Å². The Morgan fingerprint density at radius 3 is 2.59 bits per heavy atom. The number of nitro groups is 1. The van der Waals surface area contributed by atoms with E-state index in [1.807, 2.05) is 25.1 Å². The molecule has 1 heterocycles. The quantitative estimate of drug-likeness (QED) is 0.549. The van der Waals surface area contributed by atoms with E-state index in [0.717, 1.165) is 11.1 Å². The van der Waals surface area contributed by atoms with E-state index in [9.17, 15) is 14.9 Å². The molecule has 0 unspecified atom stereocenters. The van der Waals surface area contributed by atoms with Gasteiger partial charge in [-0.15, -0.1) is 0 Å². The Bertz CT molecular complexity index is 914. The van der Waals surface area contributed by atoms with Gasteiger partial charge < -0.3 is 0 Å². The highest BCUT2D eigenvalue weighted by molar-refractivity contribution is 5.77. The van der Waals surface area contributed by atoms with Crippen LogP contribution in [-0.4, -0.2) is 14.5 Å². The van der Waals surface area contributed by atoms with Crippen LogP contribution in [0.3, 0.4) is 0 Å². The first-order valence-corrected chi connectivity index (χ1v) is 6.74. The van der Waals surface area contributed by atoms with Gasteiger partial charge in [-0.2, -0.15) is 0 Å². The molecule has 1 aromatic heterocycles. The van der Waals surface area contributed by atoms with E-state index in [2.05, 4.69) is 4.98 Å². The summed E-state index contributed by atoms with van der Waals surface area (Å²) in [5.74, 6) is 0. The van der Waals surface area contributed by atoms with Gasteiger partial charge >= 0.3 is 0 Å². The lowest BCUT2D eigenvalue weighted by Crippen LogP contribution is -2.21. The molecule has 0 amide bonds. The molecular formula is C16H13N3O3. The van der Waals surface area contributed by atoms with E-state index < -0.39 is 4.92 Å². The van der Waals surface area contributed by atoms with E-state index in [1.54, 1.807) is 12.1 Å². The summed E-state index contributed by atoms with van der Waals surface area (Å²) in [5, 5.41) is 11.2. The summed E-state index contributed by atoms with van der Waals surface area (Å²) < 4.78 is 1.50. The van der Waals surface area contributed by atoms with Crippen LogP contribution >= 0.6 is 0 Å². The number of aryl methyl sites for hydroxylation is 1. The van der Waals surface area contributed by atoms with Crippen molar-refractivity contribution < 1.29 is 4.92 Å². The zero-order valence-electron chi connectivity index (χ0n) is 11.9. The lowest BCUT2D eigenvalue weighted by atomic mass is 10.1. The van der Waals surface area contributed by atoms with Crippen LogP contribution in [0.25, 0.3) is 10.9 Å². The molecule has 0 saturated heterocycles. The zero-order valence-corrected chi connectivity index (χ0v) is 11.9. The third-order valence-corrected chi connectivity index (χ3v) is 3.48. The predicted octanol–water partition coefficient (Wildman–Crippen LogP) is 2.66. The first-order valence-electron chi connectivity index (χ1n) is 6.74. The molecule has 0 spiro atoms. The Morgan fingerprint density at radius 1 is 1.18 bits per heavy atom. The molecule has 0 fully saturated rings. The van der Waals surface area contributed by atoms with Crippen LogP contribution in [0.1, 0.15) is 11.1 Å². The summed E-state index contributed by atoms with van der Waals surface area (Å²) >= 11 is 0. The number of nitrogens with zero attached hydrogens (tertiary/aromatic N) is 3. The van der Waals surface area contributed by atoms with Crippen LogP contribution in [0.15, 0.2) is 53.6 Å². The molecule has 0 N–H and O–H groups in total. The van der Waals surface area contributed by atoms with Crippen molar-refractivity contribution in [1.29, 1.82) is 0 Å². The summed E-state index contributed by atoms with van der Waals surface area (Å²) in [6, 6.07) is 11.7. The fourth-order valence-electron chi connectivity index (χ4n) is 2.31. The summed E-state index contributed by atoms with van der Waals surface area (Å²) in [6.45, 7) is 2.25. The topological polar surface area (TPSA) is 78.0 Å². The van der Waals surface area contributed by atoms with Gasteiger partial charge in [0.1, 0.15) is 0 Å². The minimum absolute atomic E-state index is 0.0309. The average Bonchev–Trinajstić information content (AvgIpc) is 2.51. The number of non-ortho nitro benzene ring substituents is 1. The monoisotopic (exact) mass is 295 g/mol. The van der Waals surface area contributed by atoms with Gasteiger partial charge in [0.15, 0.2) is 0 Å². The smallest absolute Gasteiger partial charge is 0.269 e.